The van der Waals surface area contributed by atoms with Crippen LogP contribution in [0.15, 0.2) is 42.5 Å². The maximum Gasteiger partial charge on any atom is 0.177 e. The largest absolute Gasteiger partial charge is 0.293 e. The zero-order valence-corrected chi connectivity index (χ0v) is 11.5. The fraction of sp³-hybridized carbons (Fsp3) is 0.0625. The minimum absolute atomic E-state index is 0.244. The Labute approximate surface area is 122 Å². The van der Waals surface area contributed by atoms with Crippen LogP contribution in [-0.4, -0.2) is 5.78 Å². The van der Waals surface area contributed by atoms with Crippen LogP contribution >= 0.6 is 11.3 Å². The fourth-order valence-corrected chi connectivity index (χ4v) is 3.08. The standard InChI is InChI=1S/C16H9F3OS/c17-10-4-5-15-9(6-10)7-16(21-15)14(20)8-11-12(18)2-1-3-13(11)19/h1-7H,8H2. The smallest absolute Gasteiger partial charge is 0.177 e. The van der Waals surface area contributed by atoms with Crippen LogP contribution in [0.1, 0.15) is 15.2 Å². The van der Waals surface area contributed by atoms with Gasteiger partial charge in [0.05, 0.1) is 4.88 Å². The van der Waals surface area contributed by atoms with E-state index in [1.807, 2.05) is 0 Å². The number of rotatable bonds is 3. The number of hydrogen-bond acceptors (Lipinski definition) is 2. The van der Waals surface area contributed by atoms with E-state index in [2.05, 4.69) is 0 Å². The quantitative estimate of drug-likeness (QED) is 0.639. The van der Waals surface area contributed by atoms with Gasteiger partial charge in [-0.25, -0.2) is 13.2 Å². The van der Waals surface area contributed by atoms with Crippen LogP contribution in [0.5, 0.6) is 0 Å². The van der Waals surface area contributed by atoms with Gasteiger partial charge in [-0.05, 0) is 41.8 Å². The van der Waals surface area contributed by atoms with Gasteiger partial charge in [-0.1, -0.05) is 6.07 Å². The summed E-state index contributed by atoms with van der Waals surface area (Å²) in [7, 11) is 0. The molecule has 1 nitrogen and oxygen atoms in total. The SMILES string of the molecule is O=C(Cc1c(F)cccc1F)c1cc2cc(F)ccc2s1. The first-order valence-corrected chi connectivity index (χ1v) is 7.01. The van der Waals surface area contributed by atoms with Gasteiger partial charge in [-0.3, -0.25) is 4.79 Å². The van der Waals surface area contributed by atoms with Crippen molar-refractivity contribution >= 4 is 27.2 Å². The van der Waals surface area contributed by atoms with Gasteiger partial charge >= 0.3 is 0 Å². The van der Waals surface area contributed by atoms with Crippen LogP contribution in [0.25, 0.3) is 10.1 Å². The molecule has 0 saturated heterocycles. The maximum absolute atomic E-state index is 13.5. The maximum atomic E-state index is 13.5. The Balaban J connectivity index is 1.94. The number of benzene rings is 2. The Morgan fingerprint density at radius 1 is 1.00 bits per heavy atom. The summed E-state index contributed by atoms with van der Waals surface area (Å²) >= 11 is 1.18. The molecule has 3 rings (SSSR count). The molecule has 0 amide bonds. The molecule has 0 spiro atoms. The average molecular weight is 306 g/mol. The van der Waals surface area contributed by atoms with Crippen molar-refractivity contribution in [2.75, 3.05) is 0 Å². The highest BCUT2D eigenvalue weighted by atomic mass is 32.1. The molecule has 3 aromatic rings. The zero-order chi connectivity index (χ0) is 15.0. The molecule has 0 atom stereocenters. The van der Waals surface area contributed by atoms with Gasteiger partial charge in [0, 0.05) is 16.7 Å². The molecule has 0 radical (unpaired) electrons. The van der Waals surface area contributed by atoms with E-state index in [0.717, 1.165) is 16.8 Å². The normalized spacial score (nSPS) is 11.0. The molecule has 0 aliphatic carbocycles. The lowest BCUT2D eigenvalue weighted by Gasteiger charge is -2.02. The van der Waals surface area contributed by atoms with E-state index < -0.39 is 11.6 Å². The average Bonchev–Trinajstić information content (AvgIpc) is 2.86. The van der Waals surface area contributed by atoms with Crippen molar-refractivity contribution in [2.45, 2.75) is 6.42 Å². The number of thiophene rings is 1. The number of halogens is 3. The van der Waals surface area contributed by atoms with E-state index in [1.54, 1.807) is 12.1 Å². The number of carbonyl (C=O) groups is 1. The van der Waals surface area contributed by atoms with Crippen molar-refractivity contribution in [1.29, 1.82) is 0 Å². The minimum Gasteiger partial charge on any atom is -0.293 e. The molecule has 1 heterocycles. The van der Waals surface area contributed by atoms with E-state index in [0.29, 0.717) is 10.3 Å². The predicted molar refractivity (Wildman–Crippen MR) is 76.2 cm³/mol. The van der Waals surface area contributed by atoms with E-state index >= 15 is 0 Å². The lowest BCUT2D eigenvalue weighted by Crippen LogP contribution is -2.05. The third-order valence-electron chi connectivity index (χ3n) is 3.15. The number of carbonyl (C=O) groups excluding carboxylic acids is 1. The third-order valence-corrected chi connectivity index (χ3v) is 4.31. The van der Waals surface area contributed by atoms with E-state index in [4.69, 9.17) is 0 Å². The Hall–Kier alpha value is -2.14. The molecule has 0 N–H and O–H groups in total. The van der Waals surface area contributed by atoms with Crippen molar-refractivity contribution in [1.82, 2.24) is 0 Å². The minimum atomic E-state index is -0.740. The van der Waals surface area contributed by atoms with Crippen molar-refractivity contribution in [2.24, 2.45) is 0 Å². The molecule has 0 fully saturated rings. The lowest BCUT2D eigenvalue weighted by molar-refractivity contribution is 0.0994. The molecule has 0 saturated carbocycles. The highest BCUT2D eigenvalue weighted by molar-refractivity contribution is 7.20. The Morgan fingerprint density at radius 3 is 2.43 bits per heavy atom. The molecule has 5 heteroatoms. The zero-order valence-electron chi connectivity index (χ0n) is 10.7. The van der Waals surface area contributed by atoms with Crippen LogP contribution in [0.2, 0.25) is 0 Å². The van der Waals surface area contributed by atoms with Crippen LogP contribution in [0.4, 0.5) is 13.2 Å². The van der Waals surface area contributed by atoms with E-state index in [9.17, 15) is 18.0 Å². The Morgan fingerprint density at radius 2 is 1.71 bits per heavy atom. The first-order chi connectivity index (χ1) is 10.0. The van der Waals surface area contributed by atoms with Crippen LogP contribution in [0, 0.1) is 17.5 Å². The third kappa shape index (κ3) is 2.69. The molecule has 106 valence electrons. The summed E-state index contributed by atoms with van der Waals surface area (Å²) in [6.07, 6.45) is -0.353. The van der Waals surface area contributed by atoms with Crippen molar-refractivity contribution in [3.63, 3.8) is 0 Å². The van der Waals surface area contributed by atoms with Gasteiger partial charge < -0.3 is 0 Å². The summed E-state index contributed by atoms with van der Waals surface area (Å²) in [4.78, 5) is 12.5. The number of Topliss-reactive ketones (excluding diaryl/α,β-unsaturated/α-hetero) is 1. The van der Waals surface area contributed by atoms with Crippen molar-refractivity contribution in [3.05, 3.63) is 70.4 Å². The molecular weight excluding hydrogens is 297 g/mol. The van der Waals surface area contributed by atoms with Gasteiger partial charge in [0.15, 0.2) is 5.78 Å². The van der Waals surface area contributed by atoms with Crippen LogP contribution in [0.3, 0.4) is 0 Å². The summed E-state index contributed by atoms with van der Waals surface area (Å²) in [5, 5.41) is 0.609. The highest BCUT2D eigenvalue weighted by Crippen LogP contribution is 2.27. The second kappa shape index (κ2) is 5.33. The number of fused-ring (bicyclic) bond motifs is 1. The van der Waals surface area contributed by atoms with Gasteiger partial charge in [-0.15, -0.1) is 11.3 Å². The van der Waals surface area contributed by atoms with Gasteiger partial charge in [0.1, 0.15) is 17.5 Å². The van der Waals surface area contributed by atoms with E-state index in [-0.39, 0.29) is 23.6 Å². The topological polar surface area (TPSA) is 17.1 Å². The highest BCUT2D eigenvalue weighted by Gasteiger charge is 2.16. The molecule has 0 aliphatic rings. The van der Waals surface area contributed by atoms with Crippen molar-refractivity contribution < 1.29 is 18.0 Å². The van der Waals surface area contributed by atoms with Crippen molar-refractivity contribution in [3.8, 4) is 0 Å². The van der Waals surface area contributed by atoms with Gasteiger partial charge in [0.2, 0.25) is 0 Å². The molecule has 21 heavy (non-hydrogen) atoms. The Kier molecular flexibility index (Phi) is 3.51. The molecule has 0 unspecified atom stereocenters. The molecular formula is C16H9F3OS. The summed E-state index contributed by atoms with van der Waals surface area (Å²) < 4.78 is 41.0. The van der Waals surface area contributed by atoms with Crippen LogP contribution in [-0.2, 0) is 6.42 Å². The summed E-state index contributed by atoms with van der Waals surface area (Å²) in [5.74, 6) is -2.26. The molecule has 0 bridgehead atoms. The molecule has 2 aromatic carbocycles. The molecule has 0 aliphatic heterocycles. The lowest BCUT2D eigenvalue weighted by atomic mass is 10.1. The number of ketones is 1. The summed E-state index contributed by atoms with van der Waals surface area (Å²) in [6, 6.07) is 9.24. The fourth-order valence-electron chi connectivity index (χ4n) is 2.10. The summed E-state index contributed by atoms with van der Waals surface area (Å²) in [5.41, 5.74) is -0.244. The van der Waals surface area contributed by atoms with Gasteiger partial charge in [0.25, 0.3) is 0 Å². The first kappa shape index (κ1) is 13.8. The van der Waals surface area contributed by atoms with E-state index in [1.165, 1.54) is 29.5 Å². The first-order valence-electron chi connectivity index (χ1n) is 6.20. The molecule has 1 aromatic heterocycles. The summed E-state index contributed by atoms with van der Waals surface area (Å²) in [6.45, 7) is 0. The monoisotopic (exact) mass is 306 g/mol. The van der Waals surface area contributed by atoms with Gasteiger partial charge in [-0.2, -0.15) is 0 Å². The Bertz CT molecular complexity index is 818. The predicted octanol–water partition coefficient (Wildman–Crippen LogP) is 4.74. The van der Waals surface area contributed by atoms with Crippen LogP contribution < -0.4 is 0 Å². The number of hydrogen-bond donors (Lipinski definition) is 0. The second-order valence-electron chi connectivity index (χ2n) is 4.59. The second-order valence-corrected chi connectivity index (χ2v) is 5.68.